The molecule has 0 aliphatic rings. The summed E-state index contributed by atoms with van der Waals surface area (Å²) in [4.78, 5) is 10.6. The lowest BCUT2D eigenvalue weighted by Gasteiger charge is -2.10. The molecule has 0 aliphatic heterocycles. The van der Waals surface area contributed by atoms with Gasteiger partial charge in [0, 0.05) is 0 Å². The smallest absolute Gasteiger partial charge is 0.319 e. The lowest BCUT2D eigenvalue weighted by molar-refractivity contribution is -0.138. The summed E-state index contributed by atoms with van der Waals surface area (Å²) in [5, 5.41) is 10.9. The molecule has 1 aromatic carbocycles. The molecule has 0 aromatic heterocycles. The van der Waals surface area contributed by atoms with Gasteiger partial charge in [-0.05, 0) is 12.0 Å². The van der Waals surface area contributed by atoms with Crippen LogP contribution in [0.15, 0.2) is 30.3 Å². The van der Waals surface area contributed by atoms with Crippen molar-refractivity contribution in [2.24, 2.45) is 0 Å². The molecule has 2 radical (unpaired) electrons. The third-order valence-corrected chi connectivity index (χ3v) is 1.78. The topological polar surface area (TPSA) is 49.3 Å². The predicted octanol–water partition coefficient (Wildman–Crippen LogP) is 0.355. The lowest BCUT2D eigenvalue weighted by atomic mass is 10.0. The van der Waals surface area contributed by atoms with E-state index in [0.717, 1.165) is 5.56 Å². The van der Waals surface area contributed by atoms with Gasteiger partial charge in [-0.1, -0.05) is 30.3 Å². The van der Waals surface area contributed by atoms with E-state index in [1.54, 1.807) is 0 Å². The summed E-state index contributed by atoms with van der Waals surface area (Å²) >= 11 is 0. The maximum atomic E-state index is 10.6. The average molecular weight is 175 g/mol. The van der Waals surface area contributed by atoms with Crippen LogP contribution >= 0.6 is 0 Å². The Hall–Kier alpha value is -1.29. The molecule has 0 heterocycles. The van der Waals surface area contributed by atoms with Gasteiger partial charge >= 0.3 is 5.97 Å². The maximum absolute atomic E-state index is 10.6. The molecule has 0 bridgehead atoms. The highest BCUT2D eigenvalue weighted by molar-refractivity contribution is 6.06. The lowest BCUT2D eigenvalue weighted by Crippen LogP contribution is -2.36. The molecule has 1 atom stereocenters. The van der Waals surface area contributed by atoms with E-state index in [0.29, 0.717) is 6.42 Å². The molecular weight excluding hydrogens is 165 g/mol. The first kappa shape index (κ1) is 9.80. The molecule has 1 rings (SSSR count). The van der Waals surface area contributed by atoms with Crippen LogP contribution in [0, 0.1) is 0 Å². The molecule has 0 amide bonds. The number of carboxylic acid groups (broad SMARTS) is 1. The zero-order valence-electron chi connectivity index (χ0n) is 7.10. The number of benzene rings is 1. The highest BCUT2D eigenvalue weighted by Crippen LogP contribution is 2.02. The number of aliphatic carboxylic acids is 1. The number of carbonyl (C=O) groups is 1. The van der Waals surface area contributed by atoms with Gasteiger partial charge in [0.15, 0.2) is 7.98 Å². The molecule has 0 aliphatic carbocycles. The minimum absolute atomic E-state index is 0.396. The van der Waals surface area contributed by atoms with Crippen molar-refractivity contribution < 1.29 is 9.90 Å². The van der Waals surface area contributed by atoms with Crippen molar-refractivity contribution in [3.63, 3.8) is 0 Å². The monoisotopic (exact) mass is 175 g/mol. The van der Waals surface area contributed by atoms with Crippen molar-refractivity contribution in [2.45, 2.75) is 12.5 Å². The van der Waals surface area contributed by atoms with E-state index in [1.165, 1.54) is 0 Å². The Morgan fingerprint density at radius 3 is 2.54 bits per heavy atom. The Balaban J connectivity index is 2.62. The van der Waals surface area contributed by atoms with Gasteiger partial charge in [0.25, 0.3) is 0 Å². The van der Waals surface area contributed by atoms with E-state index in [2.05, 4.69) is 5.23 Å². The minimum atomic E-state index is -0.939. The van der Waals surface area contributed by atoms with Crippen LogP contribution in [0.5, 0.6) is 0 Å². The Kier molecular flexibility index (Phi) is 3.52. The van der Waals surface area contributed by atoms with Gasteiger partial charge < -0.3 is 10.3 Å². The molecule has 4 heteroatoms. The number of hydrogen-bond acceptors (Lipinski definition) is 2. The summed E-state index contributed by atoms with van der Waals surface area (Å²) in [5.41, 5.74) is 0.952. The number of hydrogen-bond donors (Lipinski definition) is 2. The second-order valence-corrected chi connectivity index (χ2v) is 2.75. The first-order valence-corrected chi connectivity index (χ1v) is 3.97. The van der Waals surface area contributed by atoms with Crippen LogP contribution in [0.1, 0.15) is 5.56 Å². The number of rotatable bonds is 4. The third-order valence-electron chi connectivity index (χ3n) is 1.78. The Bertz CT molecular complexity index is 276. The summed E-state index contributed by atoms with van der Waals surface area (Å²) in [7, 11) is 5.09. The fraction of sp³-hybridized carbons (Fsp3) is 0.222. The van der Waals surface area contributed by atoms with Crippen LogP contribution in [-0.4, -0.2) is 25.1 Å². The zero-order valence-corrected chi connectivity index (χ0v) is 7.10. The molecule has 2 N–H and O–H groups in total. The summed E-state index contributed by atoms with van der Waals surface area (Å²) in [5.74, 6) is -0.939. The zero-order chi connectivity index (χ0) is 9.68. The normalized spacial score (nSPS) is 12.3. The van der Waals surface area contributed by atoms with Crippen molar-refractivity contribution in [1.29, 1.82) is 0 Å². The van der Waals surface area contributed by atoms with Gasteiger partial charge in [-0.15, -0.1) is 0 Å². The summed E-state index contributed by atoms with van der Waals surface area (Å²) in [6, 6.07) is 8.63. The van der Waals surface area contributed by atoms with Crippen molar-refractivity contribution >= 4 is 14.0 Å². The van der Waals surface area contributed by atoms with Crippen molar-refractivity contribution in [2.75, 3.05) is 0 Å². The number of carboxylic acids is 1. The fourth-order valence-corrected chi connectivity index (χ4v) is 1.07. The quantitative estimate of drug-likeness (QED) is 0.649. The van der Waals surface area contributed by atoms with E-state index in [-0.39, 0.29) is 0 Å². The molecule has 0 unspecified atom stereocenters. The summed E-state index contributed by atoms with van der Waals surface area (Å²) in [6.07, 6.45) is 0.396. The first-order chi connectivity index (χ1) is 6.24. The molecule has 3 nitrogen and oxygen atoms in total. The fourth-order valence-electron chi connectivity index (χ4n) is 1.07. The second-order valence-electron chi connectivity index (χ2n) is 2.75. The van der Waals surface area contributed by atoms with Crippen LogP contribution in [-0.2, 0) is 11.2 Å². The van der Waals surface area contributed by atoms with Gasteiger partial charge in [0.1, 0.15) is 0 Å². The number of nitrogens with one attached hydrogen (secondary N) is 1. The molecule has 13 heavy (non-hydrogen) atoms. The van der Waals surface area contributed by atoms with Gasteiger partial charge in [-0.2, -0.15) is 0 Å². The molecule has 1 aromatic rings. The Morgan fingerprint density at radius 1 is 1.46 bits per heavy atom. The Morgan fingerprint density at radius 2 is 2.08 bits per heavy atom. The van der Waals surface area contributed by atoms with E-state index in [9.17, 15) is 4.79 Å². The van der Waals surface area contributed by atoms with Crippen molar-refractivity contribution in [1.82, 2.24) is 5.23 Å². The molecule has 0 saturated heterocycles. The van der Waals surface area contributed by atoms with E-state index < -0.39 is 12.0 Å². The van der Waals surface area contributed by atoms with E-state index in [4.69, 9.17) is 13.1 Å². The van der Waals surface area contributed by atoms with E-state index >= 15 is 0 Å². The minimum Gasteiger partial charge on any atom is -0.480 e. The highest BCUT2D eigenvalue weighted by atomic mass is 16.4. The van der Waals surface area contributed by atoms with Crippen LogP contribution in [0.25, 0.3) is 0 Å². The van der Waals surface area contributed by atoms with Crippen LogP contribution in [0.2, 0.25) is 0 Å². The third kappa shape index (κ3) is 2.91. The molecular formula is C9H10BNO2. The summed E-state index contributed by atoms with van der Waals surface area (Å²) < 4.78 is 0. The predicted molar refractivity (Wildman–Crippen MR) is 50.5 cm³/mol. The highest BCUT2D eigenvalue weighted by Gasteiger charge is 2.13. The van der Waals surface area contributed by atoms with Crippen LogP contribution < -0.4 is 5.23 Å². The van der Waals surface area contributed by atoms with Gasteiger partial charge in [-0.3, -0.25) is 4.79 Å². The average Bonchev–Trinajstić information content (AvgIpc) is 2.15. The first-order valence-electron chi connectivity index (χ1n) is 3.97. The standard InChI is InChI=1S/C9H10BNO2/c10-11-8(9(12)13)6-7-4-2-1-3-5-7/h1-5,8,11H,6H2,(H,12,13)/t8-/m0/s1. The van der Waals surface area contributed by atoms with Crippen LogP contribution in [0.4, 0.5) is 0 Å². The summed E-state index contributed by atoms with van der Waals surface area (Å²) in [6.45, 7) is 0. The van der Waals surface area contributed by atoms with Crippen LogP contribution in [0.3, 0.4) is 0 Å². The molecule has 0 fully saturated rings. The van der Waals surface area contributed by atoms with Crippen molar-refractivity contribution in [3.8, 4) is 0 Å². The van der Waals surface area contributed by atoms with Gasteiger partial charge in [0.05, 0.1) is 6.04 Å². The SMILES string of the molecule is [B]N[C@@H](Cc1ccccc1)C(=O)O. The van der Waals surface area contributed by atoms with E-state index in [1.807, 2.05) is 30.3 Å². The van der Waals surface area contributed by atoms with Gasteiger partial charge in [-0.25, -0.2) is 0 Å². The van der Waals surface area contributed by atoms with Gasteiger partial charge in [0.2, 0.25) is 0 Å². The molecule has 66 valence electrons. The Labute approximate surface area is 78.2 Å². The largest absolute Gasteiger partial charge is 0.480 e. The maximum Gasteiger partial charge on any atom is 0.319 e. The molecule has 0 spiro atoms. The van der Waals surface area contributed by atoms with Crippen molar-refractivity contribution in [3.05, 3.63) is 35.9 Å². The molecule has 0 saturated carbocycles. The second kappa shape index (κ2) is 4.67.